The number of nitrogens with zero attached hydrogens (tertiary/aromatic N) is 1. The van der Waals surface area contributed by atoms with Gasteiger partial charge in [0.2, 0.25) is 10.4 Å². The Morgan fingerprint density at radius 3 is 1.07 bits per heavy atom. The van der Waals surface area contributed by atoms with Crippen molar-refractivity contribution in [2.24, 2.45) is 0 Å². The monoisotopic (exact) mass is 468 g/mol. The predicted octanol–water partition coefficient (Wildman–Crippen LogP) is 3.91. The summed E-state index contributed by atoms with van der Waals surface area (Å²) in [5.74, 6) is 0. The molecular weight excluding hydrogens is 424 g/mol. The molecule has 0 spiro atoms. The third kappa shape index (κ3) is 84.7. The van der Waals surface area contributed by atoms with Crippen molar-refractivity contribution in [2.75, 3.05) is 27.7 Å². The molecule has 0 aliphatic heterocycles. The maximum Gasteiger partial charge on any atom is 0.394 e. The van der Waals surface area contributed by atoms with E-state index >= 15 is 0 Å². The minimum absolute atomic E-state index is 0. The summed E-state index contributed by atoms with van der Waals surface area (Å²) in [6, 6.07) is 0. The Morgan fingerprint density at radius 2 is 0.862 bits per heavy atom. The van der Waals surface area contributed by atoms with Gasteiger partial charge in [-0.3, -0.25) is 13.7 Å². The van der Waals surface area contributed by atoms with Crippen molar-refractivity contribution in [2.45, 2.75) is 84.0 Å². The van der Waals surface area contributed by atoms with Crippen LogP contribution in [-0.4, -0.2) is 67.2 Å². The van der Waals surface area contributed by atoms with E-state index in [9.17, 15) is 0 Å². The van der Waals surface area contributed by atoms with E-state index in [-0.39, 0.29) is 6.15 Å². The van der Waals surface area contributed by atoms with Crippen molar-refractivity contribution in [1.82, 2.24) is 6.15 Å². The Hall–Kier alpha value is -0.340. The summed E-state index contributed by atoms with van der Waals surface area (Å²) in [6.07, 6.45) is 17.4. The summed E-state index contributed by atoms with van der Waals surface area (Å²) in [5.41, 5.74) is 0. The van der Waals surface area contributed by atoms with Crippen molar-refractivity contribution in [1.29, 1.82) is 0 Å². The lowest BCUT2D eigenvalue weighted by Crippen LogP contribution is -2.35. The van der Waals surface area contributed by atoms with Crippen molar-refractivity contribution >= 4 is 20.8 Å². The fourth-order valence-corrected chi connectivity index (χ4v) is 2.43. The van der Waals surface area contributed by atoms with Gasteiger partial charge >= 0.3 is 10.4 Å². The van der Waals surface area contributed by atoms with E-state index in [1.54, 1.807) is 0 Å². The number of quaternary nitrogens is 1. The zero-order valence-corrected chi connectivity index (χ0v) is 20.2. The molecule has 0 saturated carbocycles. The molecule has 0 amide bonds. The molecule has 0 aliphatic rings. The summed E-state index contributed by atoms with van der Waals surface area (Å²) >= 11 is 0. The molecule has 0 aromatic carbocycles. The maximum atomic E-state index is 8.74. The molecule has 0 aromatic rings. The number of hydrogen-bond acceptors (Lipinski definition) is 6. The lowest BCUT2D eigenvalue weighted by molar-refractivity contribution is -0.870. The van der Waals surface area contributed by atoms with Crippen LogP contribution in [0.4, 0.5) is 0 Å². The number of unbranched alkanes of at least 4 members (excludes halogenated alkanes) is 11. The van der Waals surface area contributed by atoms with Gasteiger partial charge in [0.25, 0.3) is 0 Å². The molecule has 0 unspecified atom stereocenters. The van der Waals surface area contributed by atoms with Crippen molar-refractivity contribution < 1.29 is 39.5 Å². The van der Waals surface area contributed by atoms with Crippen LogP contribution in [0.5, 0.6) is 0 Å². The van der Waals surface area contributed by atoms with Gasteiger partial charge < -0.3 is 15.2 Å². The van der Waals surface area contributed by atoms with E-state index in [1.165, 1.54) is 83.6 Å². The molecule has 0 aromatic heterocycles. The molecular formula is C17H44N2O8S2. The molecule has 0 fully saturated rings. The van der Waals surface area contributed by atoms with E-state index in [0.717, 1.165) is 4.48 Å². The number of rotatable bonds is 13. The minimum Gasteiger partial charge on any atom is -0.726 e. The molecule has 12 heteroatoms. The summed E-state index contributed by atoms with van der Waals surface area (Å²) in [5, 5.41) is 0. The average molecular weight is 469 g/mol. The van der Waals surface area contributed by atoms with E-state index in [4.69, 9.17) is 35.0 Å². The van der Waals surface area contributed by atoms with Crippen LogP contribution in [-0.2, 0) is 20.8 Å². The molecule has 0 radical (unpaired) electrons. The highest BCUT2D eigenvalue weighted by molar-refractivity contribution is 7.80. The predicted molar refractivity (Wildman–Crippen MR) is 116 cm³/mol. The third-order valence-corrected chi connectivity index (χ3v) is 3.68. The second kappa shape index (κ2) is 20.9. The van der Waals surface area contributed by atoms with Crippen molar-refractivity contribution in [3.63, 3.8) is 0 Å². The Kier molecular flexibility index (Phi) is 26.0. The first kappa shape index (κ1) is 36.1. The van der Waals surface area contributed by atoms with Gasteiger partial charge in [-0.2, -0.15) is 8.42 Å². The SMILES string of the molecule is CCCCCCCCCCCCCC[N+](C)(C)C.N.O=S(=O)(O)O.O=S(=O)([O-])O. The van der Waals surface area contributed by atoms with Crippen LogP contribution in [0.2, 0.25) is 0 Å². The molecule has 0 saturated heterocycles. The van der Waals surface area contributed by atoms with Gasteiger partial charge in [0.15, 0.2) is 0 Å². The standard InChI is InChI=1S/C17H38N.H3N.2H2O4S/c1-5-6-7-8-9-10-11-12-13-14-15-16-17-18(2,3)4;;2*1-5(2,3)4/h5-17H2,1-4H3;1H3;2*(H2,1,2,3,4)/q+1;;;/p-1. The summed E-state index contributed by atoms with van der Waals surface area (Å²) in [4.78, 5) is 0. The van der Waals surface area contributed by atoms with Crippen LogP contribution < -0.4 is 6.15 Å². The first-order valence-electron chi connectivity index (χ1n) is 9.75. The van der Waals surface area contributed by atoms with Gasteiger partial charge in [-0.15, -0.1) is 0 Å². The summed E-state index contributed by atoms with van der Waals surface area (Å²) in [6.45, 7) is 3.62. The van der Waals surface area contributed by atoms with Crippen LogP contribution >= 0.6 is 0 Å². The maximum absolute atomic E-state index is 8.74. The highest BCUT2D eigenvalue weighted by Crippen LogP contribution is 2.12. The van der Waals surface area contributed by atoms with Crippen LogP contribution in [0.15, 0.2) is 0 Å². The van der Waals surface area contributed by atoms with Crippen LogP contribution in [0.1, 0.15) is 84.0 Å². The van der Waals surface area contributed by atoms with Gasteiger partial charge in [-0.05, 0) is 12.8 Å². The largest absolute Gasteiger partial charge is 0.726 e. The van der Waals surface area contributed by atoms with E-state index in [1.807, 2.05) is 0 Å². The zero-order valence-electron chi connectivity index (χ0n) is 18.5. The van der Waals surface area contributed by atoms with Gasteiger partial charge in [-0.25, -0.2) is 8.42 Å². The van der Waals surface area contributed by atoms with Crippen molar-refractivity contribution in [3.05, 3.63) is 0 Å². The second-order valence-corrected chi connectivity index (χ2v) is 9.53. The molecule has 29 heavy (non-hydrogen) atoms. The molecule has 10 nitrogen and oxygen atoms in total. The number of hydrogen-bond donors (Lipinski definition) is 4. The highest BCUT2D eigenvalue weighted by atomic mass is 32.3. The van der Waals surface area contributed by atoms with E-state index in [2.05, 4.69) is 28.1 Å². The van der Waals surface area contributed by atoms with Gasteiger partial charge in [-0.1, -0.05) is 71.1 Å². The normalized spacial score (nSPS) is 11.4. The van der Waals surface area contributed by atoms with E-state index in [0.29, 0.717) is 0 Å². The fraction of sp³-hybridized carbons (Fsp3) is 1.00. The van der Waals surface area contributed by atoms with E-state index < -0.39 is 20.8 Å². The molecule has 6 N–H and O–H groups in total. The summed E-state index contributed by atoms with van der Waals surface area (Å²) < 4.78 is 65.5. The lowest BCUT2D eigenvalue weighted by Gasteiger charge is -2.23. The van der Waals surface area contributed by atoms with Gasteiger partial charge in [0.05, 0.1) is 27.7 Å². The fourth-order valence-electron chi connectivity index (χ4n) is 2.43. The zero-order chi connectivity index (χ0) is 22.7. The minimum atomic E-state index is -4.92. The van der Waals surface area contributed by atoms with Crippen molar-refractivity contribution in [3.8, 4) is 0 Å². The average Bonchev–Trinajstić information content (AvgIpc) is 2.44. The van der Waals surface area contributed by atoms with Crippen LogP contribution in [0.25, 0.3) is 0 Å². The first-order chi connectivity index (χ1) is 12.6. The van der Waals surface area contributed by atoms with Crippen LogP contribution in [0, 0.1) is 0 Å². The molecule has 0 bridgehead atoms. The highest BCUT2D eigenvalue weighted by Gasteiger charge is 2.04. The second-order valence-electron chi connectivity index (χ2n) is 7.78. The Morgan fingerprint density at radius 1 is 0.655 bits per heavy atom. The Balaban J connectivity index is -0.000000235. The lowest BCUT2D eigenvalue weighted by atomic mass is 10.1. The topological polar surface area (TPSA) is 187 Å². The molecule has 0 rings (SSSR count). The quantitative estimate of drug-likeness (QED) is 0.134. The van der Waals surface area contributed by atoms with Gasteiger partial charge in [0, 0.05) is 0 Å². The first-order valence-corrected chi connectivity index (χ1v) is 12.5. The smallest absolute Gasteiger partial charge is 0.394 e. The van der Waals surface area contributed by atoms with Gasteiger partial charge in [0.1, 0.15) is 0 Å². The molecule has 182 valence electrons. The molecule has 0 heterocycles. The summed E-state index contributed by atoms with van der Waals surface area (Å²) in [7, 11) is -2.71. The Bertz CT molecular complexity index is 486. The Labute approximate surface area is 178 Å². The third-order valence-electron chi connectivity index (χ3n) is 3.68. The molecule has 0 aliphatic carbocycles. The van der Waals surface area contributed by atoms with Crippen LogP contribution in [0.3, 0.4) is 0 Å². The molecule has 0 atom stereocenters.